The highest BCUT2D eigenvalue weighted by molar-refractivity contribution is 6.10. The van der Waals surface area contributed by atoms with Gasteiger partial charge in [-0.3, -0.25) is 24.0 Å². The molecule has 3 amide bonds. The summed E-state index contributed by atoms with van der Waals surface area (Å²) in [5.41, 5.74) is 1.35. The fraction of sp³-hybridized carbons (Fsp3) is 0.455. The van der Waals surface area contributed by atoms with E-state index < -0.39 is 5.41 Å². The normalized spacial score (nSPS) is 18.8. The van der Waals surface area contributed by atoms with Crippen molar-refractivity contribution in [2.75, 3.05) is 27.7 Å². The van der Waals surface area contributed by atoms with Gasteiger partial charge in [0.15, 0.2) is 0 Å². The third kappa shape index (κ3) is 3.94. The Labute approximate surface area is 176 Å². The zero-order chi connectivity index (χ0) is 22.1. The molecule has 1 aromatic heterocycles. The monoisotopic (exact) mass is 412 g/mol. The molecule has 0 bridgehead atoms. The highest BCUT2D eigenvalue weighted by Gasteiger charge is 2.52. The lowest BCUT2D eigenvalue weighted by atomic mass is 9.75. The molecule has 3 rings (SSSR count). The molecular formula is C22H28N4O4. The number of methoxy groups -OCH3 is 1. The fourth-order valence-corrected chi connectivity index (χ4v) is 3.94. The van der Waals surface area contributed by atoms with Crippen LogP contribution in [0.5, 0.6) is 5.75 Å². The standard InChI is InChI=1S/C22H28N4O4/c1-15-11-16(2)26(23-15)10-9-24(3)19(27)13-22(14-20(28)25(4)21(22)29)17-7-6-8-18(12-17)30-5/h6-8,11-12H,9-10,13-14H2,1-5H3/t22-/m1/s1. The number of amides is 3. The van der Waals surface area contributed by atoms with Crippen molar-refractivity contribution in [1.82, 2.24) is 19.6 Å². The van der Waals surface area contributed by atoms with Crippen molar-refractivity contribution >= 4 is 17.7 Å². The maximum atomic E-state index is 13.1. The van der Waals surface area contributed by atoms with Gasteiger partial charge in [0, 0.05) is 39.2 Å². The number of rotatable bonds is 7. The van der Waals surface area contributed by atoms with E-state index in [1.807, 2.05) is 24.6 Å². The molecule has 0 spiro atoms. The van der Waals surface area contributed by atoms with Crippen molar-refractivity contribution in [2.24, 2.45) is 0 Å². The molecule has 1 atom stereocenters. The predicted octanol–water partition coefficient (Wildman–Crippen LogP) is 1.68. The third-order valence-electron chi connectivity index (χ3n) is 5.79. The predicted molar refractivity (Wildman–Crippen MR) is 111 cm³/mol. The van der Waals surface area contributed by atoms with E-state index >= 15 is 0 Å². The number of nitrogens with zero attached hydrogens (tertiary/aromatic N) is 4. The summed E-state index contributed by atoms with van der Waals surface area (Å²) in [4.78, 5) is 41.3. The number of aryl methyl sites for hydroxylation is 2. The van der Waals surface area contributed by atoms with E-state index in [0.717, 1.165) is 16.3 Å². The van der Waals surface area contributed by atoms with E-state index in [2.05, 4.69) is 5.10 Å². The summed E-state index contributed by atoms with van der Waals surface area (Å²) in [6, 6.07) is 9.02. The van der Waals surface area contributed by atoms with Crippen LogP contribution in [0.3, 0.4) is 0 Å². The number of hydrogen-bond donors (Lipinski definition) is 0. The van der Waals surface area contributed by atoms with Gasteiger partial charge in [0.2, 0.25) is 17.7 Å². The van der Waals surface area contributed by atoms with Gasteiger partial charge in [0.05, 0.1) is 24.8 Å². The van der Waals surface area contributed by atoms with Crippen molar-refractivity contribution in [3.05, 3.63) is 47.3 Å². The highest BCUT2D eigenvalue weighted by Crippen LogP contribution is 2.40. The molecule has 1 fully saturated rings. The second-order valence-electron chi connectivity index (χ2n) is 7.89. The number of aromatic nitrogens is 2. The molecule has 0 saturated carbocycles. The van der Waals surface area contributed by atoms with Crippen molar-refractivity contribution in [2.45, 2.75) is 38.6 Å². The number of imide groups is 1. The minimum Gasteiger partial charge on any atom is -0.497 e. The van der Waals surface area contributed by atoms with Gasteiger partial charge < -0.3 is 9.64 Å². The number of benzene rings is 1. The summed E-state index contributed by atoms with van der Waals surface area (Å²) in [5, 5.41) is 4.42. The molecule has 160 valence electrons. The summed E-state index contributed by atoms with van der Waals surface area (Å²) in [7, 11) is 4.71. The first kappa shape index (κ1) is 21.5. The molecule has 1 aliphatic rings. The second-order valence-corrected chi connectivity index (χ2v) is 7.89. The van der Waals surface area contributed by atoms with Gasteiger partial charge in [0.25, 0.3) is 0 Å². The van der Waals surface area contributed by atoms with E-state index in [1.165, 1.54) is 14.2 Å². The Morgan fingerprint density at radius 3 is 2.57 bits per heavy atom. The molecule has 1 aliphatic heterocycles. The summed E-state index contributed by atoms with van der Waals surface area (Å²) in [6.07, 6.45) is -0.116. The zero-order valence-electron chi connectivity index (χ0n) is 18.1. The Morgan fingerprint density at radius 2 is 2.00 bits per heavy atom. The molecule has 0 aliphatic carbocycles. The molecule has 30 heavy (non-hydrogen) atoms. The summed E-state index contributed by atoms with van der Waals surface area (Å²) in [6.45, 7) is 4.90. The van der Waals surface area contributed by atoms with Gasteiger partial charge in [-0.2, -0.15) is 5.10 Å². The molecule has 8 heteroatoms. The number of likely N-dealkylation sites (N-methyl/N-ethyl adjacent to an activating group) is 2. The van der Waals surface area contributed by atoms with E-state index in [0.29, 0.717) is 24.4 Å². The Kier molecular flexibility index (Phi) is 5.96. The lowest BCUT2D eigenvalue weighted by molar-refractivity contribution is -0.141. The molecule has 2 aromatic rings. The lowest BCUT2D eigenvalue weighted by Gasteiger charge is -2.29. The van der Waals surface area contributed by atoms with Crippen LogP contribution in [0.15, 0.2) is 30.3 Å². The third-order valence-corrected chi connectivity index (χ3v) is 5.79. The van der Waals surface area contributed by atoms with Gasteiger partial charge in [-0.15, -0.1) is 0 Å². The van der Waals surface area contributed by atoms with Gasteiger partial charge in [-0.1, -0.05) is 12.1 Å². The minimum absolute atomic E-state index is 0.0352. The molecule has 1 saturated heterocycles. The SMILES string of the molecule is COc1cccc([C@@]2(CC(=O)N(C)CCn3nc(C)cc3C)CC(=O)N(C)C2=O)c1. The number of likely N-dealkylation sites (tertiary alicyclic amines) is 1. The first-order chi connectivity index (χ1) is 14.2. The van der Waals surface area contributed by atoms with E-state index in [-0.39, 0.29) is 30.6 Å². The summed E-state index contributed by atoms with van der Waals surface area (Å²) < 4.78 is 7.14. The lowest BCUT2D eigenvalue weighted by Crippen LogP contribution is -2.42. The van der Waals surface area contributed by atoms with Crippen LogP contribution >= 0.6 is 0 Å². The quantitative estimate of drug-likeness (QED) is 0.646. The van der Waals surface area contributed by atoms with Crippen molar-refractivity contribution in [3.63, 3.8) is 0 Å². The van der Waals surface area contributed by atoms with Gasteiger partial charge in [-0.25, -0.2) is 0 Å². The van der Waals surface area contributed by atoms with E-state index in [4.69, 9.17) is 4.74 Å². The maximum absolute atomic E-state index is 13.1. The van der Waals surface area contributed by atoms with Crippen LogP contribution in [0.2, 0.25) is 0 Å². The average molecular weight is 412 g/mol. The Bertz CT molecular complexity index is 983. The first-order valence-electron chi connectivity index (χ1n) is 9.88. The van der Waals surface area contributed by atoms with Crippen molar-refractivity contribution in [1.29, 1.82) is 0 Å². The van der Waals surface area contributed by atoms with Crippen molar-refractivity contribution in [3.8, 4) is 5.75 Å². The smallest absolute Gasteiger partial charge is 0.240 e. The van der Waals surface area contributed by atoms with Crippen LogP contribution < -0.4 is 4.74 Å². The van der Waals surface area contributed by atoms with Gasteiger partial charge >= 0.3 is 0 Å². The van der Waals surface area contributed by atoms with Crippen LogP contribution in [0.1, 0.15) is 29.8 Å². The Hall–Kier alpha value is -3.16. The number of ether oxygens (including phenoxy) is 1. The Balaban J connectivity index is 1.82. The number of carbonyl (C=O) groups is 3. The molecule has 0 N–H and O–H groups in total. The maximum Gasteiger partial charge on any atom is 0.240 e. The first-order valence-corrected chi connectivity index (χ1v) is 9.88. The Morgan fingerprint density at radius 1 is 1.27 bits per heavy atom. The van der Waals surface area contributed by atoms with Crippen LogP contribution in [0.25, 0.3) is 0 Å². The molecule has 0 unspecified atom stereocenters. The van der Waals surface area contributed by atoms with Crippen LogP contribution in [0.4, 0.5) is 0 Å². The minimum atomic E-state index is -1.22. The van der Waals surface area contributed by atoms with Crippen LogP contribution in [-0.4, -0.2) is 65.1 Å². The second kappa shape index (κ2) is 8.30. The van der Waals surface area contributed by atoms with Crippen LogP contribution in [0, 0.1) is 13.8 Å². The van der Waals surface area contributed by atoms with Crippen molar-refractivity contribution < 1.29 is 19.1 Å². The summed E-state index contributed by atoms with van der Waals surface area (Å²) in [5.74, 6) is -0.273. The number of carbonyl (C=O) groups excluding carboxylic acids is 3. The molecule has 2 heterocycles. The van der Waals surface area contributed by atoms with E-state index in [1.54, 1.807) is 36.2 Å². The van der Waals surface area contributed by atoms with Gasteiger partial charge in [0.1, 0.15) is 5.75 Å². The average Bonchev–Trinajstić information content (AvgIpc) is 3.16. The molecular weight excluding hydrogens is 384 g/mol. The number of hydrogen-bond acceptors (Lipinski definition) is 5. The highest BCUT2D eigenvalue weighted by atomic mass is 16.5. The molecule has 1 aromatic carbocycles. The van der Waals surface area contributed by atoms with Gasteiger partial charge in [-0.05, 0) is 37.6 Å². The fourth-order valence-electron chi connectivity index (χ4n) is 3.94. The zero-order valence-corrected chi connectivity index (χ0v) is 18.1. The summed E-state index contributed by atoms with van der Waals surface area (Å²) >= 11 is 0. The van der Waals surface area contributed by atoms with E-state index in [9.17, 15) is 14.4 Å². The molecule has 0 radical (unpaired) electrons. The molecule has 8 nitrogen and oxygen atoms in total. The topological polar surface area (TPSA) is 84.7 Å². The van der Waals surface area contributed by atoms with Crippen LogP contribution in [-0.2, 0) is 26.3 Å². The largest absolute Gasteiger partial charge is 0.497 e.